The summed E-state index contributed by atoms with van der Waals surface area (Å²) in [5, 5.41) is 13.1. The third kappa shape index (κ3) is 3.78. The van der Waals surface area contributed by atoms with Gasteiger partial charge in [0.05, 0.1) is 0 Å². The van der Waals surface area contributed by atoms with E-state index in [2.05, 4.69) is 29.3 Å². The zero-order valence-corrected chi connectivity index (χ0v) is 13.1. The van der Waals surface area contributed by atoms with E-state index < -0.39 is 0 Å². The number of benzene rings is 1. The third-order valence-corrected chi connectivity index (χ3v) is 5.17. The Hall–Kier alpha value is -1.06. The Labute approximate surface area is 128 Å². The van der Waals surface area contributed by atoms with Crippen LogP contribution in [0, 0.1) is 5.92 Å². The molecule has 0 spiro atoms. The molecule has 1 saturated carbocycles. The number of rotatable bonds is 3. The fourth-order valence-electron chi connectivity index (χ4n) is 4.00. The molecule has 116 valence electrons. The van der Waals surface area contributed by atoms with Gasteiger partial charge in [-0.3, -0.25) is 4.90 Å². The van der Waals surface area contributed by atoms with Gasteiger partial charge in [0.15, 0.2) is 0 Å². The number of phenolic OH excluding ortho intramolecular Hbond substituents is 1. The first-order chi connectivity index (χ1) is 10.2. The number of nitrogens with one attached hydrogen (secondary N) is 1. The normalized spacial score (nSPS) is 28.6. The molecule has 1 aromatic rings. The van der Waals surface area contributed by atoms with Crippen molar-refractivity contribution in [1.29, 1.82) is 0 Å². The lowest BCUT2D eigenvalue weighted by molar-refractivity contribution is 0.0689. The maximum atomic E-state index is 9.44. The molecular formula is C18H28N2O. The first-order valence-corrected chi connectivity index (χ1v) is 8.48. The minimum absolute atomic E-state index is 0.358. The second-order valence-corrected chi connectivity index (χ2v) is 6.87. The van der Waals surface area contributed by atoms with Gasteiger partial charge in [-0.2, -0.15) is 0 Å². The van der Waals surface area contributed by atoms with Crippen LogP contribution in [0.2, 0.25) is 0 Å². The topological polar surface area (TPSA) is 35.5 Å². The molecule has 2 aliphatic rings. The van der Waals surface area contributed by atoms with E-state index in [1.54, 1.807) is 12.1 Å². The molecule has 2 unspecified atom stereocenters. The van der Waals surface area contributed by atoms with Gasteiger partial charge in [0.1, 0.15) is 5.75 Å². The van der Waals surface area contributed by atoms with Crippen LogP contribution in [0.15, 0.2) is 24.3 Å². The molecule has 1 saturated heterocycles. The van der Waals surface area contributed by atoms with Crippen molar-refractivity contribution in [3.8, 4) is 5.75 Å². The Morgan fingerprint density at radius 1 is 1.14 bits per heavy atom. The molecule has 2 atom stereocenters. The SMILES string of the molecule is CC1CN(Cc2ccc(O)cc2)C(C2CCCCC2)CN1. The van der Waals surface area contributed by atoms with Crippen molar-refractivity contribution >= 4 is 0 Å². The summed E-state index contributed by atoms with van der Waals surface area (Å²) in [7, 11) is 0. The summed E-state index contributed by atoms with van der Waals surface area (Å²) >= 11 is 0. The predicted octanol–water partition coefficient (Wildman–Crippen LogP) is 3.13. The summed E-state index contributed by atoms with van der Waals surface area (Å²) in [5.41, 5.74) is 1.31. The van der Waals surface area contributed by atoms with Crippen LogP contribution in [0.25, 0.3) is 0 Å². The van der Waals surface area contributed by atoms with Crippen LogP contribution in [-0.4, -0.2) is 35.2 Å². The van der Waals surface area contributed by atoms with Gasteiger partial charge in [0.2, 0.25) is 0 Å². The quantitative estimate of drug-likeness (QED) is 0.897. The molecule has 0 bridgehead atoms. The smallest absolute Gasteiger partial charge is 0.115 e. The molecule has 1 aromatic carbocycles. The second-order valence-electron chi connectivity index (χ2n) is 6.87. The molecule has 21 heavy (non-hydrogen) atoms. The monoisotopic (exact) mass is 288 g/mol. The number of aromatic hydroxyl groups is 1. The highest BCUT2D eigenvalue weighted by molar-refractivity contribution is 5.26. The van der Waals surface area contributed by atoms with Crippen LogP contribution in [0.3, 0.4) is 0 Å². The molecule has 0 aromatic heterocycles. The Bertz CT molecular complexity index is 439. The fraction of sp³-hybridized carbons (Fsp3) is 0.667. The van der Waals surface area contributed by atoms with E-state index in [9.17, 15) is 5.11 Å². The first-order valence-electron chi connectivity index (χ1n) is 8.48. The number of phenols is 1. The van der Waals surface area contributed by atoms with E-state index >= 15 is 0 Å². The molecule has 3 nitrogen and oxygen atoms in total. The zero-order chi connectivity index (χ0) is 14.7. The summed E-state index contributed by atoms with van der Waals surface area (Å²) in [6.07, 6.45) is 7.03. The molecule has 1 heterocycles. The average molecular weight is 288 g/mol. The van der Waals surface area contributed by atoms with E-state index in [0.29, 0.717) is 17.8 Å². The van der Waals surface area contributed by atoms with E-state index in [1.165, 1.54) is 37.7 Å². The molecule has 0 radical (unpaired) electrons. The Morgan fingerprint density at radius 3 is 2.57 bits per heavy atom. The van der Waals surface area contributed by atoms with Crippen molar-refractivity contribution in [2.75, 3.05) is 13.1 Å². The number of nitrogens with zero attached hydrogens (tertiary/aromatic N) is 1. The van der Waals surface area contributed by atoms with Crippen LogP contribution in [0.5, 0.6) is 5.75 Å². The molecule has 0 amide bonds. The summed E-state index contributed by atoms with van der Waals surface area (Å²) in [6, 6.07) is 8.96. The lowest BCUT2D eigenvalue weighted by Crippen LogP contribution is -2.57. The standard InChI is InChI=1S/C18H28N2O/c1-14-12-20(13-15-7-9-17(21)10-8-15)18(11-19-14)16-5-3-2-4-6-16/h7-10,14,16,18-19,21H,2-6,11-13H2,1H3. The largest absolute Gasteiger partial charge is 0.508 e. The van der Waals surface area contributed by atoms with Crippen LogP contribution >= 0.6 is 0 Å². The number of hydrogen-bond donors (Lipinski definition) is 2. The number of hydrogen-bond acceptors (Lipinski definition) is 3. The highest BCUT2D eigenvalue weighted by atomic mass is 16.3. The second kappa shape index (κ2) is 6.80. The Morgan fingerprint density at radius 2 is 1.86 bits per heavy atom. The van der Waals surface area contributed by atoms with Crippen molar-refractivity contribution in [3.63, 3.8) is 0 Å². The van der Waals surface area contributed by atoms with Gasteiger partial charge in [-0.05, 0) is 43.4 Å². The zero-order valence-electron chi connectivity index (χ0n) is 13.1. The summed E-state index contributed by atoms with van der Waals surface area (Å²) in [5.74, 6) is 1.21. The average Bonchev–Trinajstić information content (AvgIpc) is 2.51. The van der Waals surface area contributed by atoms with Crippen molar-refractivity contribution < 1.29 is 5.11 Å². The number of piperazine rings is 1. The van der Waals surface area contributed by atoms with Gasteiger partial charge in [-0.25, -0.2) is 0 Å². The van der Waals surface area contributed by atoms with Gasteiger partial charge < -0.3 is 10.4 Å². The first kappa shape index (κ1) is 14.9. The van der Waals surface area contributed by atoms with E-state index in [0.717, 1.165) is 25.6 Å². The molecular weight excluding hydrogens is 260 g/mol. The van der Waals surface area contributed by atoms with Crippen LogP contribution in [-0.2, 0) is 6.54 Å². The minimum atomic E-state index is 0.358. The van der Waals surface area contributed by atoms with Crippen LogP contribution in [0.1, 0.15) is 44.6 Å². The Balaban J connectivity index is 1.69. The van der Waals surface area contributed by atoms with Crippen LogP contribution < -0.4 is 5.32 Å². The minimum Gasteiger partial charge on any atom is -0.508 e. The molecule has 2 N–H and O–H groups in total. The maximum absolute atomic E-state index is 9.44. The summed E-state index contributed by atoms with van der Waals surface area (Å²) < 4.78 is 0. The lowest BCUT2D eigenvalue weighted by Gasteiger charge is -2.44. The van der Waals surface area contributed by atoms with Gasteiger partial charge in [0.25, 0.3) is 0 Å². The van der Waals surface area contributed by atoms with Crippen molar-refractivity contribution in [2.24, 2.45) is 5.92 Å². The van der Waals surface area contributed by atoms with Gasteiger partial charge >= 0.3 is 0 Å². The predicted molar refractivity (Wildman–Crippen MR) is 86.3 cm³/mol. The van der Waals surface area contributed by atoms with Crippen molar-refractivity contribution in [2.45, 2.75) is 57.7 Å². The van der Waals surface area contributed by atoms with E-state index in [1.807, 2.05) is 0 Å². The maximum Gasteiger partial charge on any atom is 0.115 e. The van der Waals surface area contributed by atoms with Crippen LogP contribution in [0.4, 0.5) is 0 Å². The molecule has 3 heteroatoms. The van der Waals surface area contributed by atoms with Crippen molar-refractivity contribution in [3.05, 3.63) is 29.8 Å². The lowest BCUT2D eigenvalue weighted by atomic mass is 9.82. The molecule has 2 fully saturated rings. The molecule has 1 aliphatic carbocycles. The fourth-order valence-corrected chi connectivity index (χ4v) is 4.00. The van der Waals surface area contributed by atoms with E-state index in [4.69, 9.17) is 0 Å². The van der Waals surface area contributed by atoms with Crippen molar-refractivity contribution in [1.82, 2.24) is 10.2 Å². The highest BCUT2D eigenvalue weighted by Crippen LogP contribution is 2.31. The summed E-state index contributed by atoms with van der Waals surface area (Å²) in [4.78, 5) is 2.67. The van der Waals surface area contributed by atoms with Gasteiger partial charge in [-0.1, -0.05) is 31.4 Å². The molecule has 1 aliphatic heterocycles. The third-order valence-electron chi connectivity index (χ3n) is 5.17. The van der Waals surface area contributed by atoms with Gasteiger partial charge in [0, 0.05) is 31.7 Å². The van der Waals surface area contributed by atoms with E-state index in [-0.39, 0.29) is 0 Å². The highest BCUT2D eigenvalue weighted by Gasteiger charge is 2.32. The Kier molecular flexibility index (Phi) is 4.81. The van der Waals surface area contributed by atoms with Gasteiger partial charge in [-0.15, -0.1) is 0 Å². The molecule has 3 rings (SSSR count). The summed E-state index contributed by atoms with van der Waals surface area (Å²) in [6.45, 7) is 5.54.